The molecule has 0 saturated carbocycles. The van der Waals surface area contributed by atoms with E-state index in [4.69, 9.17) is 5.73 Å². The lowest BCUT2D eigenvalue weighted by Gasteiger charge is -2.19. The fourth-order valence-electron chi connectivity index (χ4n) is 1.93. The van der Waals surface area contributed by atoms with Crippen molar-refractivity contribution in [3.8, 4) is 0 Å². The normalized spacial score (nSPS) is 12.0. The maximum atomic E-state index is 13.8. The molecule has 0 bridgehead atoms. The third-order valence-corrected chi connectivity index (χ3v) is 3.03. The lowest BCUT2D eigenvalue weighted by molar-refractivity contribution is 0.0602. The molecule has 3 N–H and O–H groups in total. The molecule has 1 aromatic rings. The van der Waals surface area contributed by atoms with Gasteiger partial charge < -0.3 is 15.8 Å². The molecule has 19 heavy (non-hydrogen) atoms. The molecular formula is C14H21FN2O2. The van der Waals surface area contributed by atoms with Gasteiger partial charge in [0.25, 0.3) is 0 Å². The van der Waals surface area contributed by atoms with Crippen molar-refractivity contribution in [2.75, 3.05) is 18.2 Å². The number of methoxy groups -OCH3 is 1. The summed E-state index contributed by atoms with van der Waals surface area (Å²) in [5.74, 6) is -1.02. The number of carbonyl (C=O) groups excluding carboxylic acids is 1. The third-order valence-electron chi connectivity index (χ3n) is 3.03. The summed E-state index contributed by atoms with van der Waals surface area (Å²) in [6, 6.07) is 2.73. The number of hydrogen-bond donors (Lipinski definition) is 2. The van der Waals surface area contributed by atoms with Crippen molar-refractivity contribution in [1.82, 2.24) is 0 Å². The predicted octanol–water partition coefficient (Wildman–Crippen LogP) is 3.19. The van der Waals surface area contributed by atoms with Gasteiger partial charge in [-0.3, -0.25) is 0 Å². The van der Waals surface area contributed by atoms with Crippen LogP contribution in [-0.4, -0.2) is 19.1 Å². The van der Waals surface area contributed by atoms with Crippen molar-refractivity contribution < 1.29 is 13.9 Å². The zero-order valence-corrected chi connectivity index (χ0v) is 11.6. The molecule has 1 aromatic carbocycles. The molecule has 4 nitrogen and oxygen atoms in total. The van der Waals surface area contributed by atoms with Gasteiger partial charge in [0, 0.05) is 11.7 Å². The van der Waals surface area contributed by atoms with Crippen LogP contribution < -0.4 is 11.1 Å². The molecule has 5 heteroatoms. The third kappa shape index (κ3) is 3.84. The summed E-state index contributed by atoms with van der Waals surface area (Å²) in [6.45, 7) is 4.10. The van der Waals surface area contributed by atoms with Crippen LogP contribution in [0.3, 0.4) is 0 Å². The topological polar surface area (TPSA) is 64.3 Å². The van der Waals surface area contributed by atoms with Gasteiger partial charge >= 0.3 is 5.97 Å². The van der Waals surface area contributed by atoms with Gasteiger partial charge in [0.1, 0.15) is 5.82 Å². The minimum absolute atomic E-state index is 0.0819. The van der Waals surface area contributed by atoms with Crippen LogP contribution in [0.2, 0.25) is 0 Å². The van der Waals surface area contributed by atoms with E-state index in [0.717, 1.165) is 25.3 Å². The van der Waals surface area contributed by atoms with E-state index in [9.17, 15) is 9.18 Å². The molecule has 0 aliphatic carbocycles. The number of nitrogen functional groups attached to an aromatic ring is 1. The van der Waals surface area contributed by atoms with Gasteiger partial charge in [0.15, 0.2) is 0 Å². The lowest BCUT2D eigenvalue weighted by Crippen LogP contribution is -2.19. The summed E-state index contributed by atoms with van der Waals surface area (Å²) >= 11 is 0. The number of hydrogen-bond acceptors (Lipinski definition) is 4. The van der Waals surface area contributed by atoms with E-state index in [1.807, 2.05) is 6.92 Å². The van der Waals surface area contributed by atoms with E-state index >= 15 is 0 Å². The molecule has 0 saturated heterocycles. The summed E-state index contributed by atoms with van der Waals surface area (Å²) in [7, 11) is 1.27. The van der Waals surface area contributed by atoms with Crippen molar-refractivity contribution in [2.24, 2.45) is 0 Å². The van der Waals surface area contributed by atoms with Crippen molar-refractivity contribution >= 4 is 17.3 Å². The first-order chi connectivity index (χ1) is 9.03. The minimum Gasteiger partial charge on any atom is -0.465 e. The number of halogens is 1. The van der Waals surface area contributed by atoms with E-state index < -0.39 is 11.8 Å². The second kappa shape index (κ2) is 6.97. The number of ether oxygens (including phenoxy) is 1. The Kier molecular flexibility index (Phi) is 5.60. The molecule has 0 heterocycles. The second-order valence-corrected chi connectivity index (χ2v) is 4.45. The molecule has 1 atom stereocenters. The first-order valence-electron chi connectivity index (χ1n) is 6.47. The predicted molar refractivity (Wildman–Crippen MR) is 74.8 cm³/mol. The smallest absolute Gasteiger partial charge is 0.340 e. The Morgan fingerprint density at radius 3 is 2.68 bits per heavy atom. The van der Waals surface area contributed by atoms with Gasteiger partial charge in [-0.05, 0) is 25.0 Å². The number of nitrogens with two attached hydrogens (primary N) is 1. The fraction of sp³-hybridized carbons (Fsp3) is 0.500. The minimum atomic E-state index is -0.566. The highest BCUT2D eigenvalue weighted by Gasteiger charge is 2.16. The highest BCUT2D eigenvalue weighted by Crippen LogP contribution is 2.24. The van der Waals surface area contributed by atoms with Gasteiger partial charge in [-0.1, -0.05) is 20.3 Å². The molecular weight excluding hydrogens is 247 g/mol. The van der Waals surface area contributed by atoms with E-state index in [2.05, 4.69) is 17.0 Å². The average molecular weight is 268 g/mol. The van der Waals surface area contributed by atoms with Crippen LogP contribution in [0.1, 0.15) is 43.5 Å². The number of carbonyl (C=O) groups is 1. The largest absolute Gasteiger partial charge is 0.465 e. The summed E-state index contributed by atoms with van der Waals surface area (Å²) in [6.07, 6.45) is 2.82. The number of benzene rings is 1. The van der Waals surface area contributed by atoms with Gasteiger partial charge in [-0.15, -0.1) is 0 Å². The van der Waals surface area contributed by atoms with Crippen molar-refractivity contribution in [1.29, 1.82) is 0 Å². The summed E-state index contributed by atoms with van der Waals surface area (Å²) in [5, 5.41) is 3.11. The molecule has 0 aromatic heterocycles. The molecule has 1 rings (SSSR count). The van der Waals surface area contributed by atoms with E-state index in [-0.39, 0.29) is 23.0 Å². The molecule has 1 unspecified atom stereocenters. The molecule has 0 fully saturated rings. The van der Waals surface area contributed by atoms with Gasteiger partial charge in [0.2, 0.25) is 0 Å². The molecule has 0 aliphatic heterocycles. The monoisotopic (exact) mass is 268 g/mol. The standard InChI is InChI=1S/C14H21FN2O2/c1-4-6-9(5-2)17-13-7-10(14(18)19-3)12(16)8-11(13)15/h7-9,17H,4-6,16H2,1-3H3. The van der Waals surface area contributed by atoms with Crippen LogP contribution in [-0.2, 0) is 4.74 Å². The molecule has 0 aliphatic rings. The summed E-state index contributed by atoms with van der Waals surface area (Å²) in [4.78, 5) is 11.5. The Hall–Kier alpha value is -1.78. The quantitative estimate of drug-likeness (QED) is 0.614. The zero-order valence-electron chi connectivity index (χ0n) is 11.6. The van der Waals surface area contributed by atoms with E-state index in [0.29, 0.717) is 0 Å². The van der Waals surface area contributed by atoms with Crippen LogP contribution in [0, 0.1) is 5.82 Å². The van der Waals surface area contributed by atoms with Crippen molar-refractivity contribution in [2.45, 2.75) is 39.2 Å². The van der Waals surface area contributed by atoms with Gasteiger partial charge in [-0.2, -0.15) is 0 Å². The molecule has 0 radical (unpaired) electrons. The molecule has 0 spiro atoms. The van der Waals surface area contributed by atoms with Crippen LogP contribution >= 0.6 is 0 Å². The maximum Gasteiger partial charge on any atom is 0.340 e. The Morgan fingerprint density at radius 1 is 1.47 bits per heavy atom. The Bertz CT molecular complexity index is 449. The van der Waals surface area contributed by atoms with Gasteiger partial charge in [-0.25, -0.2) is 9.18 Å². The zero-order chi connectivity index (χ0) is 14.4. The summed E-state index contributed by atoms with van der Waals surface area (Å²) in [5.41, 5.74) is 6.17. The summed E-state index contributed by atoms with van der Waals surface area (Å²) < 4.78 is 18.5. The number of rotatable bonds is 6. The number of nitrogens with one attached hydrogen (secondary N) is 1. The Morgan fingerprint density at radius 2 is 2.16 bits per heavy atom. The first kappa shape index (κ1) is 15.3. The molecule has 106 valence electrons. The van der Waals surface area contributed by atoms with Crippen molar-refractivity contribution in [3.63, 3.8) is 0 Å². The number of esters is 1. The Balaban J connectivity index is 3.03. The van der Waals surface area contributed by atoms with Crippen LogP contribution in [0.4, 0.5) is 15.8 Å². The highest BCUT2D eigenvalue weighted by atomic mass is 19.1. The van der Waals surface area contributed by atoms with E-state index in [1.54, 1.807) is 0 Å². The van der Waals surface area contributed by atoms with Crippen LogP contribution in [0.15, 0.2) is 12.1 Å². The van der Waals surface area contributed by atoms with Crippen LogP contribution in [0.25, 0.3) is 0 Å². The SMILES string of the molecule is CCCC(CC)Nc1cc(C(=O)OC)c(N)cc1F. The van der Waals surface area contributed by atoms with Crippen LogP contribution in [0.5, 0.6) is 0 Å². The second-order valence-electron chi connectivity index (χ2n) is 4.45. The molecule has 0 amide bonds. The lowest BCUT2D eigenvalue weighted by atomic mass is 10.1. The average Bonchev–Trinajstić information content (AvgIpc) is 2.40. The van der Waals surface area contributed by atoms with Gasteiger partial charge in [0.05, 0.1) is 18.4 Å². The van der Waals surface area contributed by atoms with E-state index in [1.165, 1.54) is 13.2 Å². The van der Waals surface area contributed by atoms with Crippen molar-refractivity contribution in [3.05, 3.63) is 23.5 Å². The fourth-order valence-corrected chi connectivity index (χ4v) is 1.93. The highest BCUT2D eigenvalue weighted by molar-refractivity contribution is 5.96. The Labute approximate surface area is 113 Å². The maximum absolute atomic E-state index is 13.8. The number of anilines is 2. The first-order valence-corrected chi connectivity index (χ1v) is 6.47.